The van der Waals surface area contributed by atoms with E-state index in [2.05, 4.69) is 24.5 Å². The van der Waals surface area contributed by atoms with Crippen molar-refractivity contribution in [2.45, 2.75) is 232 Å². The van der Waals surface area contributed by atoms with Gasteiger partial charge in [-0.3, -0.25) is 9.59 Å². The molecule has 0 aromatic heterocycles. The van der Waals surface area contributed by atoms with E-state index in [1.165, 1.54) is 103 Å². The summed E-state index contributed by atoms with van der Waals surface area (Å²) in [7, 11) is 0. The summed E-state index contributed by atoms with van der Waals surface area (Å²) in [6.07, 6.45) is 33.8. The van der Waals surface area contributed by atoms with E-state index < -0.39 is 0 Å². The SMILES string of the molecule is CCCCC(O)CCCCCCCCCCCCC(=O)NCc1ccc(CNC(=O)CCCCCCCCCCCCC(O)CCCC)cc1. The molecule has 1 aromatic rings. The van der Waals surface area contributed by atoms with Gasteiger partial charge in [0.2, 0.25) is 11.8 Å². The van der Waals surface area contributed by atoms with Crippen molar-refractivity contribution in [3.8, 4) is 0 Å². The molecule has 1 rings (SSSR count). The molecule has 0 aliphatic carbocycles. The smallest absolute Gasteiger partial charge is 0.220 e. The molecule has 0 aliphatic rings. The van der Waals surface area contributed by atoms with Gasteiger partial charge in [-0.1, -0.05) is 179 Å². The highest BCUT2D eigenvalue weighted by atomic mass is 16.3. The predicted molar refractivity (Wildman–Crippen MR) is 212 cm³/mol. The maximum Gasteiger partial charge on any atom is 0.220 e. The third-order valence-corrected chi connectivity index (χ3v) is 10.2. The van der Waals surface area contributed by atoms with Gasteiger partial charge in [0, 0.05) is 25.9 Å². The highest BCUT2D eigenvalue weighted by Gasteiger charge is 2.06. The standard InChI is InChI=1S/C44H80N2O4/c1-3-5-27-41(47)29-23-19-15-11-7-9-13-17-21-25-31-43(49)45-37-39-33-35-40(36-34-39)38-46-44(50)32-26-22-18-14-10-8-12-16-20-24-30-42(48)28-6-4-2/h33-36,41-42,47-48H,3-32,37-38H2,1-2H3,(H,45,49)(H,46,50). The summed E-state index contributed by atoms with van der Waals surface area (Å²) in [5, 5.41) is 25.9. The molecule has 50 heavy (non-hydrogen) atoms. The van der Waals surface area contributed by atoms with Gasteiger partial charge in [-0.05, 0) is 49.7 Å². The van der Waals surface area contributed by atoms with Crippen LogP contribution in [0.1, 0.15) is 218 Å². The van der Waals surface area contributed by atoms with Crippen LogP contribution in [0.4, 0.5) is 0 Å². The molecule has 0 radical (unpaired) electrons. The van der Waals surface area contributed by atoms with Gasteiger partial charge in [0.1, 0.15) is 0 Å². The van der Waals surface area contributed by atoms with Crippen molar-refractivity contribution in [3.05, 3.63) is 35.4 Å². The fourth-order valence-corrected chi connectivity index (χ4v) is 6.68. The van der Waals surface area contributed by atoms with Gasteiger partial charge in [-0.25, -0.2) is 0 Å². The van der Waals surface area contributed by atoms with Crippen LogP contribution in [0.3, 0.4) is 0 Å². The Hall–Kier alpha value is -1.92. The van der Waals surface area contributed by atoms with Gasteiger partial charge in [0.25, 0.3) is 0 Å². The second-order valence-electron chi connectivity index (χ2n) is 15.1. The van der Waals surface area contributed by atoms with E-state index in [0.717, 1.165) is 88.2 Å². The molecule has 0 heterocycles. The van der Waals surface area contributed by atoms with E-state index in [-0.39, 0.29) is 24.0 Å². The number of hydrogen-bond acceptors (Lipinski definition) is 4. The first-order chi connectivity index (χ1) is 24.4. The zero-order valence-corrected chi connectivity index (χ0v) is 32.8. The third-order valence-electron chi connectivity index (χ3n) is 10.2. The number of carbonyl (C=O) groups excluding carboxylic acids is 2. The molecule has 0 fully saturated rings. The number of carbonyl (C=O) groups is 2. The Morgan fingerprint density at radius 2 is 0.700 bits per heavy atom. The number of aliphatic hydroxyl groups is 2. The minimum absolute atomic E-state index is 0.0881. The molecule has 2 unspecified atom stereocenters. The molecule has 0 aliphatic heterocycles. The molecule has 4 N–H and O–H groups in total. The Labute approximate surface area is 308 Å². The quantitative estimate of drug-likeness (QED) is 0.0524. The van der Waals surface area contributed by atoms with Crippen molar-refractivity contribution in [1.29, 1.82) is 0 Å². The molecule has 290 valence electrons. The Morgan fingerprint density at radius 3 is 1.00 bits per heavy atom. The Morgan fingerprint density at radius 1 is 0.440 bits per heavy atom. The summed E-state index contributed by atoms with van der Waals surface area (Å²) in [4.78, 5) is 24.6. The van der Waals surface area contributed by atoms with Gasteiger partial charge in [-0.2, -0.15) is 0 Å². The summed E-state index contributed by atoms with van der Waals surface area (Å²) < 4.78 is 0. The zero-order chi connectivity index (χ0) is 36.3. The topological polar surface area (TPSA) is 98.7 Å². The average molecular weight is 701 g/mol. The first-order valence-corrected chi connectivity index (χ1v) is 21.4. The summed E-state index contributed by atoms with van der Waals surface area (Å²) in [5.74, 6) is 0.254. The van der Waals surface area contributed by atoms with E-state index in [9.17, 15) is 19.8 Å². The van der Waals surface area contributed by atoms with E-state index >= 15 is 0 Å². The molecule has 6 nitrogen and oxygen atoms in total. The molecule has 0 saturated heterocycles. The fourth-order valence-electron chi connectivity index (χ4n) is 6.68. The lowest BCUT2D eigenvalue weighted by Gasteiger charge is -2.09. The zero-order valence-electron chi connectivity index (χ0n) is 32.8. The molecule has 2 atom stereocenters. The van der Waals surface area contributed by atoms with Crippen molar-refractivity contribution >= 4 is 11.8 Å². The second kappa shape index (κ2) is 34.2. The van der Waals surface area contributed by atoms with E-state index in [1.807, 2.05) is 24.3 Å². The highest BCUT2D eigenvalue weighted by Crippen LogP contribution is 2.16. The Balaban J connectivity index is 1.92. The molecular formula is C44H80N2O4. The normalized spacial score (nSPS) is 12.6. The van der Waals surface area contributed by atoms with Crippen LogP contribution in [0.15, 0.2) is 24.3 Å². The first kappa shape index (κ1) is 46.1. The van der Waals surface area contributed by atoms with Crippen LogP contribution in [0.25, 0.3) is 0 Å². The van der Waals surface area contributed by atoms with Crippen molar-refractivity contribution in [2.75, 3.05) is 0 Å². The number of hydrogen-bond donors (Lipinski definition) is 4. The lowest BCUT2D eigenvalue weighted by molar-refractivity contribution is -0.122. The second-order valence-corrected chi connectivity index (χ2v) is 15.1. The van der Waals surface area contributed by atoms with E-state index in [0.29, 0.717) is 25.9 Å². The van der Waals surface area contributed by atoms with E-state index in [1.54, 1.807) is 0 Å². The van der Waals surface area contributed by atoms with E-state index in [4.69, 9.17) is 0 Å². The molecule has 6 heteroatoms. The molecule has 1 aromatic carbocycles. The summed E-state index contributed by atoms with van der Waals surface area (Å²) in [5.41, 5.74) is 2.16. The van der Waals surface area contributed by atoms with Crippen molar-refractivity contribution in [1.82, 2.24) is 10.6 Å². The molecule has 0 saturated carbocycles. The molecule has 2 amide bonds. The highest BCUT2D eigenvalue weighted by molar-refractivity contribution is 5.76. The lowest BCUT2D eigenvalue weighted by Crippen LogP contribution is -2.23. The Bertz CT molecular complexity index is 833. The number of benzene rings is 1. The van der Waals surface area contributed by atoms with Gasteiger partial charge in [-0.15, -0.1) is 0 Å². The number of rotatable bonds is 36. The van der Waals surface area contributed by atoms with Crippen LogP contribution >= 0.6 is 0 Å². The molecule has 0 bridgehead atoms. The van der Waals surface area contributed by atoms with Crippen LogP contribution in [0.5, 0.6) is 0 Å². The minimum Gasteiger partial charge on any atom is -0.393 e. The van der Waals surface area contributed by atoms with Crippen molar-refractivity contribution in [3.63, 3.8) is 0 Å². The third kappa shape index (κ3) is 29.8. The predicted octanol–water partition coefficient (Wildman–Crippen LogP) is 11.4. The van der Waals surface area contributed by atoms with Crippen molar-refractivity contribution in [2.24, 2.45) is 0 Å². The Kier molecular flexibility index (Phi) is 31.5. The van der Waals surface area contributed by atoms with Crippen LogP contribution in [0.2, 0.25) is 0 Å². The summed E-state index contributed by atoms with van der Waals surface area (Å²) in [6, 6.07) is 8.16. The van der Waals surface area contributed by atoms with Crippen LogP contribution in [0, 0.1) is 0 Å². The van der Waals surface area contributed by atoms with Crippen molar-refractivity contribution < 1.29 is 19.8 Å². The number of unbranched alkanes of at least 4 members (excludes halogenated alkanes) is 20. The maximum absolute atomic E-state index is 12.3. The van der Waals surface area contributed by atoms with Crippen LogP contribution in [-0.4, -0.2) is 34.2 Å². The molecule has 0 spiro atoms. The van der Waals surface area contributed by atoms with Gasteiger partial charge < -0.3 is 20.8 Å². The molecular weight excluding hydrogens is 620 g/mol. The van der Waals surface area contributed by atoms with Gasteiger partial charge in [0.05, 0.1) is 12.2 Å². The largest absolute Gasteiger partial charge is 0.393 e. The monoisotopic (exact) mass is 701 g/mol. The van der Waals surface area contributed by atoms with Crippen LogP contribution < -0.4 is 10.6 Å². The minimum atomic E-state index is -0.0881. The summed E-state index contributed by atoms with van der Waals surface area (Å²) >= 11 is 0. The van der Waals surface area contributed by atoms with Gasteiger partial charge >= 0.3 is 0 Å². The van der Waals surface area contributed by atoms with Gasteiger partial charge in [0.15, 0.2) is 0 Å². The maximum atomic E-state index is 12.3. The average Bonchev–Trinajstić information content (AvgIpc) is 3.12. The lowest BCUT2D eigenvalue weighted by atomic mass is 10.0. The number of nitrogens with one attached hydrogen (secondary N) is 2. The number of aliphatic hydroxyl groups excluding tert-OH is 2. The first-order valence-electron chi connectivity index (χ1n) is 21.4. The summed E-state index contributed by atoms with van der Waals surface area (Å²) in [6.45, 7) is 5.45. The van der Waals surface area contributed by atoms with Crippen LogP contribution in [-0.2, 0) is 22.7 Å². The number of amides is 2. The fraction of sp³-hybridized carbons (Fsp3) is 0.818.